The Morgan fingerprint density at radius 1 is 0.718 bits per heavy atom. The molecular weight excluding hydrogens is 500 g/mol. The van der Waals surface area contributed by atoms with E-state index in [1.54, 1.807) is 48.5 Å². The molecule has 230 valence electrons. The maximum Gasteiger partial charge on any atom is 0.430 e. The molecule has 0 fully saturated rings. The number of rotatable bonds is 18. The summed E-state index contributed by atoms with van der Waals surface area (Å²) in [7, 11) is 0. The molecule has 0 aromatic rings. The van der Waals surface area contributed by atoms with Gasteiger partial charge in [0.2, 0.25) is 0 Å². The van der Waals surface area contributed by atoms with E-state index in [-0.39, 0.29) is 13.0 Å². The normalized spacial score (nSPS) is 13.4. The SMILES string of the molecule is CCCCCCCCCCCCCCCC(O)C(C(=O)OCC)N(NC(=O)OC(C)(C)C)C(=O)OC(C)(C)C. The number of carbonyl (C=O) groups excluding carboxylic acids is 3. The Bertz CT molecular complexity index is 686. The summed E-state index contributed by atoms with van der Waals surface area (Å²) in [6, 6.07) is -1.48. The second-order valence-electron chi connectivity index (χ2n) is 12.3. The average Bonchev–Trinajstić information content (AvgIpc) is 2.79. The molecule has 9 heteroatoms. The fourth-order valence-corrected chi connectivity index (χ4v) is 4.13. The molecule has 0 rings (SSSR count). The second-order valence-corrected chi connectivity index (χ2v) is 12.3. The van der Waals surface area contributed by atoms with Crippen molar-refractivity contribution < 1.29 is 33.7 Å². The summed E-state index contributed by atoms with van der Waals surface area (Å²) in [5.41, 5.74) is 0.567. The van der Waals surface area contributed by atoms with Gasteiger partial charge in [-0.05, 0) is 54.9 Å². The predicted molar refractivity (Wildman–Crippen MR) is 154 cm³/mol. The lowest BCUT2D eigenvalue weighted by molar-refractivity contribution is -0.155. The van der Waals surface area contributed by atoms with Crippen LogP contribution in [0.4, 0.5) is 9.59 Å². The lowest BCUT2D eigenvalue weighted by Crippen LogP contribution is -2.60. The van der Waals surface area contributed by atoms with Crippen molar-refractivity contribution in [2.45, 2.75) is 169 Å². The van der Waals surface area contributed by atoms with Gasteiger partial charge in [-0.15, -0.1) is 0 Å². The molecule has 0 spiro atoms. The first-order valence-electron chi connectivity index (χ1n) is 15.1. The third-order valence-electron chi connectivity index (χ3n) is 5.97. The number of esters is 1. The van der Waals surface area contributed by atoms with Gasteiger partial charge >= 0.3 is 18.2 Å². The van der Waals surface area contributed by atoms with Gasteiger partial charge in [0.15, 0.2) is 6.04 Å². The van der Waals surface area contributed by atoms with Crippen LogP contribution in [0.25, 0.3) is 0 Å². The van der Waals surface area contributed by atoms with Crippen LogP contribution in [-0.4, -0.2) is 58.2 Å². The first-order valence-corrected chi connectivity index (χ1v) is 15.1. The van der Waals surface area contributed by atoms with Crippen LogP contribution in [0, 0.1) is 0 Å². The summed E-state index contributed by atoms with van der Waals surface area (Å²) >= 11 is 0. The van der Waals surface area contributed by atoms with Crippen LogP contribution in [0.1, 0.15) is 145 Å². The fourth-order valence-electron chi connectivity index (χ4n) is 4.13. The summed E-state index contributed by atoms with van der Waals surface area (Å²) in [6.07, 6.45) is 12.5. The summed E-state index contributed by atoms with van der Waals surface area (Å²) in [5.74, 6) is -0.832. The highest BCUT2D eigenvalue weighted by molar-refractivity contribution is 5.84. The van der Waals surface area contributed by atoms with Crippen molar-refractivity contribution in [1.82, 2.24) is 10.4 Å². The molecule has 0 heterocycles. The van der Waals surface area contributed by atoms with Gasteiger partial charge in [0, 0.05) is 0 Å². The lowest BCUT2D eigenvalue weighted by atomic mass is 10.0. The van der Waals surface area contributed by atoms with E-state index >= 15 is 0 Å². The van der Waals surface area contributed by atoms with Crippen LogP contribution in [0.15, 0.2) is 0 Å². The summed E-state index contributed by atoms with van der Waals surface area (Å²) in [5, 5.41) is 11.7. The van der Waals surface area contributed by atoms with Gasteiger partial charge in [0.25, 0.3) is 0 Å². The molecular formula is C30H58N2O7. The first-order chi connectivity index (χ1) is 18.2. The predicted octanol–water partition coefficient (Wildman–Crippen LogP) is 7.44. The zero-order valence-corrected chi connectivity index (χ0v) is 26.1. The Balaban J connectivity index is 4.96. The highest BCUT2D eigenvalue weighted by atomic mass is 16.6. The minimum Gasteiger partial charge on any atom is -0.464 e. The van der Waals surface area contributed by atoms with Crippen LogP contribution in [0.3, 0.4) is 0 Å². The smallest absolute Gasteiger partial charge is 0.430 e. The van der Waals surface area contributed by atoms with E-state index < -0.39 is 41.5 Å². The number of nitrogens with one attached hydrogen (secondary N) is 1. The fraction of sp³-hybridized carbons (Fsp3) is 0.900. The molecule has 2 N–H and O–H groups in total. The molecule has 39 heavy (non-hydrogen) atoms. The van der Waals surface area contributed by atoms with E-state index in [2.05, 4.69) is 12.3 Å². The van der Waals surface area contributed by atoms with E-state index in [4.69, 9.17) is 14.2 Å². The number of aliphatic hydroxyl groups excluding tert-OH is 1. The van der Waals surface area contributed by atoms with Crippen molar-refractivity contribution in [3.8, 4) is 0 Å². The summed E-state index contributed by atoms with van der Waals surface area (Å²) in [4.78, 5) is 38.4. The Morgan fingerprint density at radius 2 is 1.15 bits per heavy atom. The van der Waals surface area contributed by atoms with Gasteiger partial charge in [0.05, 0.1) is 12.7 Å². The molecule has 0 aromatic heterocycles. The van der Waals surface area contributed by atoms with Gasteiger partial charge in [-0.1, -0.05) is 90.4 Å². The van der Waals surface area contributed by atoms with Crippen LogP contribution in [0.5, 0.6) is 0 Å². The Kier molecular flexibility index (Phi) is 18.9. The topological polar surface area (TPSA) is 114 Å². The Morgan fingerprint density at radius 3 is 1.56 bits per heavy atom. The molecule has 0 saturated carbocycles. The molecule has 0 aliphatic rings. The number of ether oxygens (including phenoxy) is 3. The van der Waals surface area contributed by atoms with E-state index in [0.717, 1.165) is 19.3 Å². The molecule has 0 bridgehead atoms. The van der Waals surface area contributed by atoms with Crippen LogP contribution < -0.4 is 5.43 Å². The number of carbonyl (C=O) groups is 3. The van der Waals surface area contributed by atoms with Crippen molar-refractivity contribution in [3.63, 3.8) is 0 Å². The quantitative estimate of drug-likeness (QED) is 0.0777. The number of unbranched alkanes of at least 4 members (excludes halogenated alkanes) is 12. The lowest BCUT2D eigenvalue weighted by Gasteiger charge is -2.34. The summed E-state index contributed by atoms with van der Waals surface area (Å²) < 4.78 is 15.8. The van der Waals surface area contributed by atoms with Gasteiger partial charge in [-0.3, -0.25) is 0 Å². The molecule has 2 amide bonds. The minimum atomic E-state index is -1.48. The van der Waals surface area contributed by atoms with Crippen molar-refractivity contribution in [1.29, 1.82) is 0 Å². The third-order valence-corrected chi connectivity index (χ3v) is 5.97. The number of nitrogens with zero attached hydrogens (tertiary/aromatic N) is 1. The number of amides is 2. The standard InChI is InChI=1S/C30H58N2O7/c1-9-11-12-13-14-15-16-17-18-19-20-21-22-23-24(33)25(26(34)37-10-2)32(28(36)39-30(6,7)8)31-27(35)38-29(3,4)5/h24-25,33H,9-23H2,1-8H3,(H,31,35). The van der Waals surface area contributed by atoms with Crippen molar-refractivity contribution in [2.75, 3.05) is 6.61 Å². The highest BCUT2D eigenvalue weighted by Crippen LogP contribution is 2.19. The molecule has 2 unspecified atom stereocenters. The minimum absolute atomic E-state index is 0.0510. The van der Waals surface area contributed by atoms with Crippen molar-refractivity contribution >= 4 is 18.2 Å². The van der Waals surface area contributed by atoms with Crippen LogP contribution in [-0.2, 0) is 19.0 Å². The number of aliphatic hydroxyl groups is 1. The average molecular weight is 559 g/mol. The second kappa shape index (κ2) is 19.9. The molecule has 0 aliphatic heterocycles. The van der Waals surface area contributed by atoms with E-state index in [9.17, 15) is 19.5 Å². The largest absolute Gasteiger partial charge is 0.464 e. The molecule has 0 aliphatic carbocycles. The molecule has 0 saturated heterocycles. The third kappa shape index (κ3) is 19.6. The molecule has 2 atom stereocenters. The molecule has 9 nitrogen and oxygen atoms in total. The zero-order chi connectivity index (χ0) is 29.9. The van der Waals surface area contributed by atoms with E-state index in [1.807, 2.05) is 0 Å². The summed E-state index contributed by atoms with van der Waals surface area (Å²) in [6.45, 7) is 14.0. The van der Waals surface area contributed by atoms with Crippen LogP contribution in [0.2, 0.25) is 0 Å². The van der Waals surface area contributed by atoms with Gasteiger partial charge in [-0.2, -0.15) is 5.01 Å². The van der Waals surface area contributed by atoms with Crippen molar-refractivity contribution in [3.05, 3.63) is 0 Å². The van der Waals surface area contributed by atoms with Gasteiger partial charge in [0.1, 0.15) is 11.2 Å². The number of hydrogen-bond donors (Lipinski definition) is 2. The molecule has 0 radical (unpaired) electrons. The maximum absolute atomic E-state index is 13.0. The monoisotopic (exact) mass is 558 g/mol. The van der Waals surface area contributed by atoms with Gasteiger partial charge < -0.3 is 19.3 Å². The first kappa shape index (κ1) is 37.0. The number of hydrogen-bond acceptors (Lipinski definition) is 7. The Hall–Kier alpha value is -2.03. The maximum atomic E-state index is 13.0. The van der Waals surface area contributed by atoms with Crippen molar-refractivity contribution in [2.24, 2.45) is 0 Å². The Labute approximate surface area is 237 Å². The van der Waals surface area contributed by atoms with E-state index in [1.165, 1.54) is 57.8 Å². The van der Waals surface area contributed by atoms with E-state index in [0.29, 0.717) is 11.4 Å². The zero-order valence-electron chi connectivity index (χ0n) is 26.1. The van der Waals surface area contributed by atoms with Gasteiger partial charge in [-0.25, -0.2) is 19.8 Å². The van der Waals surface area contributed by atoms with Crippen LogP contribution >= 0.6 is 0 Å². The highest BCUT2D eigenvalue weighted by Gasteiger charge is 2.41. The number of hydrazine groups is 1. The molecule has 0 aromatic carbocycles.